The van der Waals surface area contributed by atoms with Crippen molar-refractivity contribution in [3.8, 4) is 11.8 Å². The Morgan fingerprint density at radius 1 is 1.67 bits per heavy atom. The minimum absolute atomic E-state index is 0.447. The highest BCUT2D eigenvalue weighted by Crippen LogP contribution is 2.28. The number of aromatic nitrogens is 2. The third kappa shape index (κ3) is 2.05. The van der Waals surface area contributed by atoms with Crippen LogP contribution < -0.4 is 5.32 Å². The predicted octanol–water partition coefficient (Wildman–Crippen LogP) is 1.41. The topological polar surface area (TPSA) is 29.9 Å². The first kappa shape index (κ1) is 10.3. The standard InChI is InChI=1S/C12H17N3/c1-3-4-8-13-11-6-5-7-12-10(11)9-14-15(12)2/h9,11,13H,5-8H2,1-2H3. The summed E-state index contributed by atoms with van der Waals surface area (Å²) >= 11 is 0. The predicted molar refractivity (Wildman–Crippen MR) is 60.3 cm³/mol. The molecule has 1 atom stereocenters. The lowest BCUT2D eigenvalue weighted by Crippen LogP contribution is -2.25. The Labute approximate surface area is 90.9 Å². The Morgan fingerprint density at radius 3 is 3.33 bits per heavy atom. The van der Waals surface area contributed by atoms with Crippen LogP contribution in [-0.2, 0) is 13.5 Å². The molecule has 0 bridgehead atoms. The van der Waals surface area contributed by atoms with E-state index in [0.717, 1.165) is 13.0 Å². The summed E-state index contributed by atoms with van der Waals surface area (Å²) in [5, 5.41) is 7.78. The molecule has 0 amide bonds. The molecule has 2 rings (SSSR count). The van der Waals surface area contributed by atoms with E-state index >= 15 is 0 Å². The highest BCUT2D eigenvalue weighted by molar-refractivity contribution is 5.24. The first-order valence-electron chi connectivity index (χ1n) is 5.46. The Morgan fingerprint density at radius 2 is 2.53 bits per heavy atom. The fourth-order valence-corrected chi connectivity index (χ4v) is 2.18. The van der Waals surface area contributed by atoms with Gasteiger partial charge in [0.15, 0.2) is 0 Å². The van der Waals surface area contributed by atoms with E-state index in [9.17, 15) is 0 Å². The molecule has 0 saturated carbocycles. The normalized spacial score (nSPS) is 19.2. The molecule has 1 aromatic heterocycles. The first-order valence-corrected chi connectivity index (χ1v) is 5.46. The van der Waals surface area contributed by atoms with Gasteiger partial charge < -0.3 is 0 Å². The molecule has 1 aliphatic carbocycles. The van der Waals surface area contributed by atoms with Crippen LogP contribution in [0, 0.1) is 11.8 Å². The van der Waals surface area contributed by atoms with Gasteiger partial charge in [0.1, 0.15) is 0 Å². The first-order chi connectivity index (χ1) is 7.33. The summed E-state index contributed by atoms with van der Waals surface area (Å²) in [6, 6.07) is 0.447. The maximum Gasteiger partial charge on any atom is 0.0581 e. The number of nitrogens with zero attached hydrogens (tertiary/aromatic N) is 2. The number of fused-ring (bicyclic) bond motifs is 1. The molecule has 80 valence electrons. The number of hydrogen-bond acceptors (Lipinski definition) is 2. The van der Waals surface area contributed by atoms with Gasteiger partial charge in [-0.15, -0.1) is 5.92 Å². The molecule has 3 heteroatoms. The van der Waals surface area contributed by atoms with Gasteiger partial charge in [-0.05, 0) is 26.2 Å². The van der Waals surface area contributed by atoms with Gasteiger partial charge in [-0.2, -0.15) is 5.10 Å². The van der Waals surface area contributed by atoms with E-state index < -0.39 is 0 Å². The van der Waals surface area contributed by atoms with Gasteiger partial charge in [-0.1, -0.05) is 5.92 Å². The van der Waals surface area contributed by atoms with Crippen LogP contribution in [0.2, 0.25) is 0 Å². The molecule has 0 fully saturated rings. The van der Waals surface area contributed by atoms with Crippen LogP contribution in [0.25, 0.3) is 0 Å². The second-order valence-electron chi connectivity index (χ2n) is 3.92. The van der Waals surface area contributed by atoms with Gasteiger partial charge in [-0.3, -0.25) is 10.00 Å². The molecule has 0 spiro atoms. The Bertz CT molecular complexity index is 395. The molecule has 1 N–H and O–H groups in total. The zero-order chi connectivity index (χ0) is 10.7. The maximum atomic E-state index is 4.32. The highest BCUT2D eigenvalue weighted by Gasteiger charge is 2.22. The Balaban J connectivity index is 2.11. The molecule has 1 aliphatic rings. The molecule has 1 aromatic rings. The number of rotatable bonds is 2. The van der Waals surface area contributed by atoms with E-state index in [2.05, 4.69) is 22.3 Å². The summed E-state index contributed by atoms with van der Waals surface area (Å²) in [5.41, 5.74) is 2.74. The third-order valence-corrected chi connectivity index (χ3v) is 2.99. The molecule has 3 nitrogen and oxygen atoms in total. The minimum atomic E-state index is 0.447. The lowest BCUT2D eigenvalue weighted by Gasteiger charge is -2.22. The summed E-state index contributed by atoms with van der Waals surface area (Å²) in [7, 11) is 2.02. The molecule has 1 unspecified atom stereocenters. The van der Waals surface area contributed by atoms with Gasteiger partial charge >= 0.3 is 0 Å². The van der Waals surface area contributed by atoms with E-state index in [0.29, 0.717) is 6.04 Å². The minimum Gasteiger partial charge on any atom is -0.299 e. The average molecular weight is 203 g/mol. The third-order valence-electron chi connectivity index (χ3n) is 2.99. The van der Waals surface area contributed by atoms with E-state index in [1.807, 2.05) is 24.9 Å². The monoisotopic (exact) mass is 203 g/mol. The molecule has 0 aromatic carbocycles. The quantitative estimate of drug-likeness (QED) is 0.737. The zero-order valence-corrected chi connectivity index (χ0v) is 9.38. The fourth-order valence-electron chi connectivity index (χ4n) is 2.18. The zero-order valence-electron chi connectivity index (χ0n) is 9.38. The SMILES string of the molecule is CC#CCNC1CCCc2c1cnn2C. The second kappa shape index (κ2) is 4.50. The average Bonchev–Trinajstić information content (AvgIpc) is 2.62. The van der Waals surface area contributed by atoms with Crippen LogP contribution in [0.4, 0.5) is 0 Å². The van der Waals surface area contributed by atoms with Crippen LogP contribution in [0.15, 0.2) is 6.20 Å². The summed E-state index contributed by atoms with van der Waals surface area (Å²) in [6.07, 6.45) is 5.59. The summed E-state index contributed by atoms with van der Waals surface area (Å²) in [4.78, 5) is 0. The van der Waals surface area contributed by atoms with Gasteiger partial charge in [-0.25, -0.2) is 0 Å². The molecule has 0 radical (unpaired) electrons. The Kier molecular flexibility index (Phi) is 3.08. The number of nitrogens with one attached hydrogen (secondary N) is 1. The van der Waals surface area contributed by atoms with Gasteiger partial charge in [0, 0.05) is 24.3 Å². The van der Waals surface area contributed by atoms with Crippen molar-refractivity contribution in [2.45, 2.75) is 32.2 Å². The smallest absolute Gasteiger partial charge is 0.0581 e. The number of hydrogen-bond donors (Lipinski definition) is 1. The van der Waals surface area contributed by atoms with Crippen LogP contribution in [0.5, 0.6) is 0 Å². The van der Waals surface area contributed by atoms with Crippen molar-refractivity contribution in [2.24, 2.45) is 7.05 Å². The van der Waals surface area contributed by atoms with E-state index in [1.54, 1.807) is 0 Å². The van der Waals surface area contributed by atoms with Crippen LogP contribution in [-0.4, -0.2) is 16.3 Å². The van der Waals surface area contributed by atoms with Crippen molar-refractivity contribution < 1.29 is 0 Å². The summed E-state index contributed by atoms with van der Waals surface area (Å²) in [5.74, 6) is 5.95. The molecule has 15 heavy (non-hydrogen) atoms. The van der Waals surface area contributed by atoms with Crippen molar-refractivity contribution >= 4 is 0 Å². The van der Waals surface area contributed by atoms with E-state index in [1.165, 1.54) is 24.1 Å². The van der Waals surface area contributed by atoms with Crippen molar-refractivity contribution in [2.75, 3.05) is 6.54 Å². The molecule has 0 saturated heterocycles. The van der Waals surface area contributed by atoms with Crippen molar-refractivity contribution in [1.82, 2.24) is 15.1 Å². The molecule has 1 heterocycles. The van der Waals surface area contributed by atoms with Crippen molar-refractivity contribution in [3.63, 3.8) is 0 Å². The fraction of sp³-hybridized carbons (Fsp3) is 0.583. The van der Waals surface area contributed by atoms with E-state index in [-0.39, 0.29) is 0 Å². The summed E-state index contributed by atoms with van der Waals surface area (Å²) < 4.78 is 1.99. The van der Waals surface area contributed by atoms with Gasteiger partial charge in [0.05, 0.1) is 12.7 Å². The van der Waals surface area contributed by atoms with Crippen molar-refractivity contribution in [3.05, 3.63) is 17.5 Å². The Hall–Kier alpha value is -1.27. The lowest BCUT2D eigenvalue weighted by molar-refractivity contribution is 0.474. The van der Waals surface area contributed by atoms with Gasteiger partial charge in [0.25, 0.3) is 0 Å². The highest BCUT2D eigenvalue weighted by atomic mass is 15.3. The van der Waals surface area contributed by atoms with Gasteiger partial charge in [0.2, 0.25) is 0 Å². The van der Waals surface area contributed by atoms with Crippen LogP contribution >= 0.6 is 0 Å². The number of aryl methyl sites for hydroxylation is 1. The molecular formula is C12H17N3. The maximum absolute atomic E-state index is 4.32. The van der Waals surface area contributed by atoms with Crippen molar-refractivity contribution in [1.29, 1.82) is 0 Å². The van der Waals surface area contributed by atoms with E-state index in [4.69, 9.17) is 0 Å². The van der Waals surface area contributed by atoms with Crippen LogP contribution in [0.3, 0.4) is 0 Å². The summed E-state index contributed by atoms with van der Waals surface area (Å²) in [6.45, 7) is 2.65. The molecular weight excluding hydrogens is 186 g/mol. The second-order valence-corrected chi connectivity index (χ2v) is 3.92. The lowest BCUT2D eigenvalue weighted by atomic mass is 9.93. The molecule has 0 aliphatic heterocycles. The largest absolute Gasteiger partial charge is 0.299 e. The van der Waals surface area contributed by atoms with Crippen LogP contribution in [0.1, 0.15) is 37.1 Å².